The molecule has 0 spiro atoms. The molecule has 4 saturated carbocycles. The Morgan fingerprint density at radius 1 is 0.409 bits per heavy atom. The Hall–Kier alpha value is -15.2. The fourth-order valence-electron chi connectivity index (χ4n) is 18.7. The van der Waals surface area contributed by atoms with Crippen LogP contribution in [0.5, 0.6) is 0 Å². The van der Waals surface area contributed by atoms with Crippen molar-refractivity contribution in [3.8, 4) is 0 Å². The van der Waals surface area contributed by atoms with E-state index in [0.29, 0.717) is 39.3 Å². The molecule has 6 aromatic heterocycles. The maximum Gasteiger partial charge on any atom is 0.343 e. The molecule has 6 aromatic carbocycles. The van der Waals surface area contributed by atoms with Crippen molar-refractivity contribution in [1.29, 1.82) is 0 Å². The number of carboxylic acids is 1. The Kier molecular flexibility index (Phi) is 31.8. The molecule has 0 aliphatic heterocycles. The third kappa shape index (κ3) is 21.4. The van der Waals surface area contributed by atoms with Gasteiger partial charge in [0.1, 0.15) is 30.2 Å². The van der Waals surface area contributed by atoms with Crippen LogP contribution in [0.1, 0.15) is 144 Å². The number of aromatic nitrogens is 5. The first kappa shape index (κ1) is 99.0. The lowest BCUT2D eigenvalue weighted by molar-refractivity contribution is -0.383. The van der Waals surface area contributed by atoms with Crippen LogP contribution in [0.2, 0.25) is 0 Å². The number of fused-ring (bicyclic) bond motifs is 6. The predicted molar refractivity (Wildman–Crippen MR) is 500 cm³/mol. The lowest BCUT2D eigenvalue weighted by Gasteiger charge is -2.56. The number of aliphatic carboxylic acids is 1. The van der Waals surface area contributed by atoms with E-state index in [1.807, 2.05) is 53.7 Å². The van der Waals surface area contributed by atoms with Gasteiger partial charge in [-0.15, -0.1) is 0 Å². The third-order valence-electron chi connectivity index (χ3n) is 24.2. The number of non-ortho nitro benzene ring substituents is 4. The predicted octanol–water partition coefficient (Wildman–Crippen LogP) is 14.0. The lowest BCUT2D eigenvalue weighted by Crippen LogP contribution is -2.47. The Bertz CT molecular complexity index is 6690. The average molecular weight is 1810 g/mol. The van der Waals surface area contributed by atoms with E-state index in [2.05, 4.69) is 25.7 Å². The van der Waals surface area contributed by atoms with Crippen LogP contribution in [0.25, 0.3) is 64.6 Å². The van der Waals surface area contributed by atoms with Crippen LogP contribution in [0.3, 0.4) is 0 Å². The number of carbonyl (C=O) groups excluding carboxylic acids is 5. The number of esters is 1. The molecule has 16 rings (SSSR count). The number of nitrogen functional groups attached to an aromatic ring is 1. The van der Waals surface area contributed by atoms with Gasteiger partial charge in [0.25, 0.3) is 50.5 Å². The van der Waals surface area contributed by atoms with Crippen molar-refractivity contribution in [2.45, 2.75) is 144 Å². The second-order valence-electron chi connectivity index (χ2n) is 34.7. The molecule has 4 fully saturated rings. The van der Waals surface area contributed by atoms with Gasteiger partial charge in [0.15, 0.2) is 0 Å². The van der Waals surface area contributed by atoms with Crippen LogP contribution in [0, 0.1) is 93.2 Å². The fourth-order valence-corrected chi connectivity index (χ4v) is 18.7. The molecule has 6 heterocycles. The van der Waals surface area contributed by atoms with Crippen molar-refractivity contribution >= 4 is 134 Å². The fraction of sp³-hybridized carbons (Fsp3) is 0.368. The number of nitrogens with two attached hydrogens (primary N) is 1. The Morgan fingerprint density at radius 3 is 1.02 bits per heavy atom. The van der Waals surface area contributed by atoms with Crippen molar-refractivity contribution in [1.82, 2.24) is 38.8 Å². The maximum atomic E-state index is 13.3. The van der Waals surface area contributed by atoms with Crippen LogP contribution >= 0.6 is 0 Å². The summed E-state index contributed by atoms with van der Waals surface area (Å²) < 4.78 is 16.0. The second-order valence-corrected chi connectivity index (χ2v) is 34.7. The van der Waals surface area contributed by atoms with Gasteiger partial charge in [-0.3, -0.25) is 83.6 Å². The standard InChI is InChI=1S/C27H35N3O3.C15H17N3O4.C15H19N3O2.C15H16N2O5.C14H14N2O5.C9H5NO4/c1-16(2)24(25(32)28-3)30-8-7-20-21(26(30)33)5-4-6-22(20)29-23(31)15-27-12-17-9-18(13-27)11-19(10-17)14-27;1-9(2)13(14(19)16-3)17-8-7-10-11(15(17)20)5-4-6-12(10)18(21)22;1-9(2)13(14(19)17-3)18-8-7-10-11(15(18)20)5-4-6-12(10)16;1-9(2)13(15(19)22-3)16-8-7-10-11(14(16)18)5-4-6-12(10)17(20)21;1-8(2)12(14(18)19)15-7-6-9-10(13(15)17)4-3-5-11(9)16(20)21;11-9-7-2-1-3-8(10(12)13)6(7)4-5-14-9/h4-8,16-19,24H,9-15H2,1-3H3,(H,28,32)(H,29,31);4-9,13H,1-3H3,(H,16,19);4-9,13H,16H2,1-3H3,(H,17,19);4-9,13H,1-3H3;3-8,12H,1-2H3,(H,18,19);1-5H/t17?,18?,19?,24-,27?;3*13-;12-;/m11111./s1. The van der Waals surface area contributed by atoms with E-state index in [1.54, 1.807) is 90.6 Å². The van der Waals surface area contributed by atoms with E-state index in [9.17, 15) is 103 Å². The number of rotatable bonds is 22. The van der Waals surface area contributed by atoms with Gasteiger partial charge < -0.3 is 64.1 Å². The number of anilines is 2. The molecule has 0 unspecified atom stereocenters. The van der Waals surface area contributed by atoms with Crippen molar-refractivity contribution in [3.63, 3.8) is 0 Å². The van der Waals surface area contributed by atoms with E-state index in [0.717, 1.165) is 34.0 Å². The number of nitrogens with one attached hydrogen (secondary N) is 4. The first-order chi connectivity index (χ1) is 62.5. The molecule has 0 saturated heterocycles. The molecule has 4 aliphatic rings. The number of amides is 4. The number of hydrogen-bond acceptors (Lipinski definition) is 23. The molecule has 4 aliphatic carbocycles. The number of pyridine rings is 5. The summed E-state index contributed by atoms with van der Waals surface area (Å²) >= 11 is 0. The SMILES string of the molecule is CC(C)[C@H](C(=O)O)n1ccc2c([N+](=O)[O-])cccc2c1=O.CNC(=O)[C@@H](C(C)C)n1ccc2c(N)cccc2c1=O.CNC(=O)[C@@H](C(C)C)n1ccc2c(NC(=O)CC34CC5CC(CC(C5)C3)C4)cccc2c1=O.CNC(=O)[C@@H](C(C)C)n1ccc2c([N+](=O)[O-])cccc2c1=O.COC(=O)[C@@H](C(C)C)n1ccc2c([N+](=O)[O-])cccc2c1=O.O=c1occc2c([N+](=O)[O-])cccc12. The number of likely N-dealkylation sites (N-methyl/N-ethyl adjacent to an activating group) is 3. The first-order valence-electron chi connectivity index (χ1n) is 42.8. The van der Waals surface area contributed by atoms with Gasteiger partial charge in [-0.25, -0.2) is 14.4 Å². The topological polar surface area (TPSA) is 519 Å². The molecule has 12 aromatic rings. The first-order valence-corrected chi connectivity index (χ1v) is 42.8. The molecule has 0 radical (unpaired) electrons. The summed E-state index contributed by atoms with van der Waals surface area (Å²) in [6, 6.07) is 33.7. The molecule has 37 heteroatoms. The van der Waals surface area contributed by atoms with Gasteiger partial charge in [-0.1, -0.05) is 106 Å². The number of nitro groups is 4. The highest BCUT2D eigenvalue weighted by atomic mass is 16.6. The Labute approximate surface area is 754 Å². The summed E-state index contributed by atoms with van der Waals surface area (Å²) in [5, 5.41) is 68.1. The van der Waals surface area contributed by atoms with Crippen LogP contribution in [0.4, 0.5) is 34.1 Å². The zero-order chi connectivity index (χ0) is 96.9. The van der Waals surface area contributed by atoms with E-state index in [4.69, 9.17) is 10.5 Å². The molecule has 7 N–H and O–H groups in total. The Morgan fingerprint density at radius 2 is 0.697 bits per heavy atom. The van der Waals surface area contributed by atoms with Gasteiger partial charge in [-0.2, -0.15) is 0 Å². The summed E-state index contributed by atoms with van der Waals surface area (Å²) in [5.41, 5.74) is 4.37. The van der Waals surface area contributed by atoms with Gasteiger partial charge in [0.2, 0.25) is 23.6 Å². The van der Waals surface area contributed by atoms with Gasteiger partial charge in [-0.05, 0) is 176 Å². The van der Waals surface area contributed by atoms with Gasteiger partial charge in [0.05, 0.1) is 76.2 Å². The van der Waals surface area contributed by atoms with Gasteiger partial charge >= 0.3 is 17.6 Å². The summed E-state index contributed by atoms with van der Waals surface area (Å²) in [6.45, 7) is 18.3. The third-order valence-corrected chi connectivity index (χ3v) is 24.2. The summed E-state index contributed by atoms with van der Waals surface area (Å²) in [5.74, 6) is -0.379. The van der Waals surface area contributed by atoms with Crippen LogP contribution in [-0.2, 0) is 33.5 Å². The molecule has 132 heavy (non-hydrogen) atoms. The molecular formula is C95H106N14O23. The number of nitrogens with zero attached hydrogens (tertiary/aromatic N) is 9. The number of methoxy groups -OCH3 is 1. The number of ether oxygens (including phenoxy) is 1. The van der Waals surface area contributed by atoms with Crippen LogP contribution < -0.4 is 60.4 Å². The van der Waals surface area contributed by atoms with Crippen molar-refractivity contribution in [2.75, 3.05) is 39.3 Å². The minimum Gasteiger partial charge on any atom is -0.480 e. The molecule has 694 valence electrons. The highest BCUT2D eigenvalue weighted by Crippen LogP contribution is 2.61. The quantitative estimate of drug-likeness (QED) is 0.0159. The normalized spacial score (nSPS) is 16.3. The molecular weight excluding hydrogens is 1710 g/mol. The zero-order valence-electron chi connectivity index (χ0n) is 75.3. The molecule has 4 amide bonds. The highest BCUT2D eigenvalue weighted by molar-refractivity contribution is 6.02. The Balaban J connectivity index is 0.000000167. The largest absolute Gasteiger partial charge is 0.480 e. The van der Waals surface area contributed by atoms with Crippen LogP contribution in [-0.4, -0.2) is 111 Å². The van der Waals surface area contributed by atoms with Crippen molar-refractivity contribution in [3.05, 3.63) is 285 Å². The van der Waals surface area contributed by atoms with Crippen LogP contribution in [0.15, 0.2) is 216 Å². The van der Waals surface area contributed by atoms with Gasteiger partial charge in [0, 0.05) is 116 Å². The van der Waals surface area contributed by atoms with E-state index < -0.39 is 84.1 Å². The molecule has 5 atom stereocenters. The number of hydrogen-bond donors (Lipinski definition) is 6. The number of nitro benzene ring substituents is 4. The monoisotopic (exact) mass is 1810 g/mol. The summed E-state index contributed by atoms with van der Waals surface area (Å²) in [4.78, 5) is 189. The van der Waals surface area contributed by atoms with Crippen molar-refractivity contribution in [2.24, 2.45) is 52.8 Å². The van der Waals surface area contributed by atoms with Crippen molar-refractivity contribution < 1.29 is 62.7 Å². The summed E-state index contributed by atoms with van der Waals surface area (Å²) in [6.07, 6.45) is 16.9. The smallest absolute Gasteiger partial charge is 0.343 e. The summed E-state index contributed by atoms with van der Waals surface area (Å²) in [7, 11) is 5.92. The van der Waals surface area contributed by atoms with E-state index in [-0.39, 0.29) is 130 Å². The lowest BCUT2D eigenvalue weighted by atomic mass is 9.49. The minimum absolute atomic E-state index is 0.00570. The average Bonchev–Trinajstić information content (AvgIpc) is 0.744. The molecule has 37 nitrogen and oxygen atoms in total. The maximum absolute atomic E-state index is 13.3. The second kappa shape index (κ2) is 42.4. The number of carbonyl (C=O) groups is 6. The minimum atomic E-state index is -1.11. The van der Waals surface area contributed by atoms with E-state index >= 15 is 0 Å². The number of benzene rings is 6. The highest BCUT2D eigenvalue weighted by Gasteiger charge is 2.51. The number of carboxylic acid groups (broad SMARTS) is 1. The molecule has 4 bridgehead atoms. The zero-order valence-corrected chi connectivity index (χ0v) is 75.3. The van der Waals surface area contributed by atoms with E-state index in [1.165, 1.54) is 187 Å².